The van der Waals surface area contributed by atoms with Gasteiger partial charge in [-0.05, 0) is 12.8 Å². The summed E-state index contributed by atoms with van der Waals surface area (Å²) in [5, 5.41) is 0. The normalized spacial score (nSPS) is 34.4. The Balaban J connectivity index is 2.29. The summed E-state index contributed by atoms with van der Waals surface area (Å²) in [4.78, 5) is 27.4. The Kier molecular flexibility index (Phi) is 4.56. The van der Waals surface area contributed by atoms with Gasteiger partial charge in [-0.3, -0.25) is 14.5 Å². The summed E-state index contributed by atoms with van der Waals surface area (Å²) in [6.45, 7) is 7.60. The maximum absolute atomic E-state index is 12.5. The molecule has 0 saturated carbocycles. The number of fused-ring (bicyclic) bond motifs is 2. The highest BCUT2D eigenvalue weighted by Gasteiger charge is 2.56. The second-order valence-electron chi connectivity index (χ2n) is 5.85. The van der Waals surface area contributed by atoms with E-state index in [-0.39, 0.29) is 17.6 Å². The van der Waals surface area contributed by atoms with Crippen molar-refractivity contribution in [1.29, 1.82) is 0 Å². The molecular formula is C16H25NO2. The van der Waals surface area contributed by atoms with Crippen LogP contribution in [0.2, 0.25) is 0 Å². The first-order chi connectivity index (χ1) is 9.16. The molecule has 2 rings (SSSR count). The highest BCUT2D eigenvalue weighted by molar-refractivity contribution is 6.09. The number of unbranched alkanes of at least 4 members (excludes halogenated alkanes) is 2. The zero-order valence-corrected chi connectivity index (χ0v) is 12.0. The molecule has 0 aromatic rings. The third-order valence-corrected chi connectivity index (χ3v) is 4.82. The summed E-state index contributed by atoms with van der Waals surface area (Å²) in [6, 6.07) is 0.0735. The summed E-state index contributed by atoms with van der Waals surface area (Å²) >= 11 is 0. The fourth-order valence-electron chi connectivity index (χ4n) is 3.81. The second-order valence-corrected chi connectivity index (χ2v) is 5.85. The lowest BCUT2D eigenvalue weighted by Crippen LogP contribution is -2.64. The number of hydrogen-bond donors (Lipinski definition) is 0. The van der Waals surface area contributed by atoms with Crippen molar-refractivity contribution in [1.82, 2.24) is 4.90 Å². The predicted molar refractivity (Wildman–Crippen MR) is 76.0 cm³/mol. The van der Waals surface area contributed by atoms with Crippen molar-refractivity contribution in [2.75, 3.05) is 13.1 Å². The van der Waals surface area contributed by atoms with Crippen molar-refractivity contribution >= 4 is 11.6 Å². The number of piperidine rings is 2. The Morgan fingerprint density at radius 2 is 1.89 bits per heavy atom. The van der Waals surface area contributed by atoms with E-state index in [9.17, 15) is 9.59 Å². The molecule has 3 nitrogen and oxygen atoms in total. The molecule has 2 heterocycles. The van der Waals surface area contributed by atoms with Crippen molar-refractivity contribution < 1.29 is 9.59 Å². The van der Waals surface area contributed by atoms with Crippen molar-refractivity contribution in [3.8, 4) is 0 Å². The van der Waals surface area contributed by atoms with Crippen LogP contribution in [0.3, 0.4) is 0 Å². The van der Waals surface area contributed by atoms with Gasteiger partial charge in [0.25, 0.3) is 0 Å². The maximum atomic E-state index is 12.5. The third kappa shape index (κ3) is 2.40. The standard InChI is InChI=1S/C16H25NO2/c1-3-5-6-10-16-13(7-4-2)17(11-8-14(16)18)12-9-15(16)19/h4,13H,2-3,5-12H2,1H3. The molecule has 1 atom stereocenters. The molecule has 0 radical (unpaired) electrons. The van der Waals surface area contributed by atoms with Gasteiger partial charge in [0.05, 0.1) is 0 Å². The zero-order valence-electron chi connectivity index (χ0n) is 12.0. The minimum absolute atomic E-state index is 0.0735. The molecule has 2 aliphatic rings. The van der Waals surface area contributed by atoms with Crippen molar-refractivity contribution in [3.63, 3.8) is 0 Å². The predicted octanol–water partition coefficient (Wildman–Crippen LogP) is 2.75. The van der Waals surface area contributed by atoms with Crippen LogP contribution in [0, 0.1) is 5.41 Å². The summed E-state index contributed by atoms with van der Waals surface area (Å²) in [5.41, 5.74) is -0.708. The molecular weight excluding hydrogens is 238 g/mol. The molecule has 2 saturated heterocycles. The van der Waals surface area contributed by atoms with Gasteiger partial charge in [0, 0.05) is 32.0 Å². The lowest BCUT2D eigenvalue weighted by atomic mass is 9.62. The summed E-state index contributed by atoms with van der Waals surface area (Å²) in [6.07, 6.45) is 7.66. The van der Waals surface area contributed by atoms with Crippen molar-refractivity contribution in [2.45, 2.75) is 57.9 Å². The molecule has 2 bridgehead atoms. The van der Waals surface area contributed by atoms with E-state index >= 15 is 0 Å². The summed E-state index contributed by atoms with van der Waals surface area (Å²) < 4.78 is 0. The van der Waals surface area contributed by atoms with E-state index in [1.54, 1.807) is 0 Å². The van der Waals surface area contributed by atoms with E-state index in [1.807, 2.05) is 6.08 Å². The molecule has 2 fully saturated rings. The minimum atomic E-state index is -0.708. The maximum Gasteiger partial charge on any atom is 0.149 e. The van der Waals surface area contributed by atoms with Gasteiger partial charge in [-0.15, -0.1) is 6.58 Å². The molecule has 2 aliphatic heterocycles. The van der Waals surface area contributed by atoms with E-state index in [0.717, 1.165) is 45.2 Å². The van der Waals surface area contributed by atoms with Crippen LogP contribution in [0.15, 0.2) is 12.7 Å². The van der Waals surface area contributed by atoms with E-state index in [1.165, 1.54) is 0 Å². The highest BCUT2D eigenvalue weighted by Crippen LogP contribution is 2.44. The van der Waals surface area contributed by atoms with Crippen LogP contribution in [-0.2, 0) is 9.59 Å². The molecule has 19 heavy (non-hydrogen) atoms. The van der Waals surface area contributed by atoms with Gasteiger partial charge in [0.2, 0.25) is 0 Å². The second kappa shape index (κ2) is 6.00. The SMILES string of the molecule is C=CCC1N2CCC(=O)C1(CCCCC)C(=O)CC2. The van der Waals surface area contributed by atoms with E-state index < -0.39 is 5.41 Å². The summed E-state index contributed by atoms with van der Waals surface area (Å²) in [7, 11) is 0. The number of rotatable bonds is 6. The zero-order chi connectivity index (χ0) is 13.9. The number of Topliss-reactive ketones (excluding diaryl/α,β-unsaturated/α-hetero) is 2. The van der Waals surface area contributed by atoms with Crippen LogP contribution in [0.5, 0.6) is 0 Å². The van der Waals surface area contributed by atoms with Crippen LogP contribution in [0.1, 0.15) is 51.9 Å². The van der Waals surface area contributed by atoms with Crippen LogP contribution in [0.25, 0.3) is 0 Å². The molecule has 3 heteroatoms. The Morgan fingerprint density at radius 1 is 1.26 bits per heavy atom. The Morgan fingerprint density at radius 3 is 2.42 bits per heavy atom. The van der Waals surface area contributed by atoms with Crippen LogP contribution < -0.4 is 0 Å². The van der Waals surface area contributed by atoms with Crippen LogP contribution >= 0.6 is 0 Å². The van der Waals surface area contributed by atoms with Crippen LogP contribution in [-0.4, -0.2) is 35.6 Å². The molecule has 1 unspecified atom stereocenters. The molecule has 0 aromatic heterocycles. The molecule has 0 aliphatic carbocycles. The van der Waals surface area contributed by atoms with Gasteiger partial charge in [0.1, 0.15) is 17.0 Å². The van der Waals surface area contributed by atoms with Crippen molar-refractivity contribution in [3.05, 3.63) is 12.7 Å². The third-order valence-electron chi connectivity index (χ3n) is 4.82. The molecule has 0 spiro atoms. The first-order valence-corrected chi connectivity index (χ1v) is 7.58. The van der Waals surface area contributed by atoms with E-state index in [4.69, 9.17) is 0 Å². The topological polar surface area (TPSA) is 37.4 Å². The number of nitrogens with zero attached hydrogens (tertiary/aromatic N) is 1. The van der Waals surface area contributed by atoms with Gasteiger partial charge in [0.15, 0.2) is 0 Å². The van der Waals surface area contributed by atoms with Gasteiger partial charge >= 0.3 is 0 Å². The summed E-state index contributed by atoms with van der Waals surface area (Å²) in [5.74, 6) is 0.382. The average Bonchev–Trinajstić information content (AvgIpc) is 2.40. The molecule has 0 amide bonds. The first kappa shape index (κ1) is 14.4. The Bertz CT molecular complexity index is 355. The van der Waals surface area contributed by atoms with Crippen LogP contribution in [0.4, 0.5) is 0 Å². The molecule has 106 valence electrons. The van der Waals surface area contributed by atoms with Gasteiger partial charge in [-0.2, -0.15) is 0 Å². The van der Waals surface area contributed by atoms with Crippen molar-refractivity contribution in [2.24, 2.45) is 5.41 Å². The molecule has 0 aromatic carbocycles. The number of ketones is 2. The largest absolute Gasteiger partial charge is 0.298 e. The Hall–Kier alpha value is -0.960. The number of carbonyl (C=O) groups excluding carboxylic acids is 2. The van der Waals surface area contributed by atoms with E-state index in [2.05, 4.69) is 18.4 Å². The van der Waals surface area contributed by atoms with Gasteiger partial charge in [-0.1, -0.05) is 32.3 Å². The minimum Gasteiger partial charge on any atom is -0.298 e. The van der Waals surface area contributed by atoms with Gasteiger partial charge in [-0.25, -0.2) is 0 Å². The monoisotopic (exact) mass is 263 g/mol. The highest BCUT2D eigenvalue weighted by atomic mass is 16.2. The fourth-order valence-corrected chi connectivity index (χ4v) is 3.81. The lowest BCUT2D eigenvalue weighted by Gasteiger charge is -2.51. The fraction of sp³-hybridized carbons (Fsp3) is 0.750. The average molecular weight is 263 g/mol. The van der Waals surface area contributed by atoms with Gasteiger partial charge < -0.3 is 0 Å². The quantitative estimate of drug-likeness (QED) is 0.420. The lowest BCUT2D eigenvalue weighted by molar-refractivity contribution is -0.157. The number of carbonyl (C=O) groups is 2. The first-order valence-electron chi connectivity index (χ1n) is 7.58. The smallest absolute Gasteiger partial charge is 0.149 e. The van der Waals surface area contributed by atoms with E-state index in [0.29, 0.717) is 12.8 Å². The molecule has 0 N–H and O–H groups in total. The Labute approximate surface area is 116 Å². The number of hydrogen-bond acceptors (Lipinski definition) is 3.